The van der Waals surface area contributed by atoms with Crippen LogP contribution in [0.1, 0.15) is 37.8 Å². The minimum Gasteiger partial charge on any atom is -0.508 e. The van der Waals surface area contributed by atoms with Crippen molar-refractivity contribution >= 4 is 0 Å². The van der Waals surface area contributed by atoms with Crippen molar-refractivity contribution < 1.29 is 9.84 Å². The Bertz CT molecular complexity index is 478. The average molecular weight is 276 g/mol. The Morgan fingerprint density at radius 3 is 3.00 bits per heavy atom. The van der Waals surface area contributed by atoms with E-state index in [-0.39, 0.29) is 5.75 Å². The van der Waals surface area contributed by atoms with E-state index in [1.165, 1.54) is 24.8 Å². The fourth-order valence-electron chi connectivity index (χ4n) is 3.87. The number of hydrogen-bond acceptors (Lipinski definition) is 4. The van der Waals surface area contributed by atoms with E-state index in [4.69, 9.17) is 10.5 Å². The minimum atomic E-state index is 0.271. The van der Waals surface area contributed by atoms with Gasteiger partial charge in [0, 0.05) is 17.7 Å². The van der Waals surface area contributed by atoms with Crippen molar-refractivity contribution in [2.45, 2.75) is 38.3 Å². The summed E-state index contributed by atoms with van der Waals surface area (Å²) in [6.45, 7) is 4.68. The molecule has 1 heterocycles. The molecular formula is C16H24N2O2. The second-order valence-corrected chi connectivity index (χ2v) is 5.87. The topological polar surface area (TPSA) is 58.7 Å². The number of nitrogens with zero attached hydrogens (tertiary/aromatic N) is 1. The van der Waals surface area contributed by atoms with Crippen molar-refractivity contribution in [1.29, 1.82) is 0 Å². The van der Waals surface area contributed by atoms with Gasteiger partial charge in [0.1, 0.15) is 18.1 Å². The molecule has 2 aliphatic rings. The van der Waals surface area contributed by atoms with E-state index >= 15 is 0 Å². The van der Waals surface area contributed by atoms with Crippen LogP contribution in [0.3, 0.4) is 0 Å². The summed E-state index contributed by atoms with van der Waals surface area (Å²) in [5.41, 5.74) is 7.14. The maximum absolute atomic E-state index is 9.56. The Hall–Kier alpha value is -1.26. The SMILES string of the molecule is CCN(C1COc2cc(O)ccc21)C1CCCC1CN. The molecule has 1 aromatic rings. The molecule has 0 aromatic heterocycles. The molecule has 3 N–H and O–H groups in total. The van der Waals surface area contributed by atoms with Gasteiger partial charge in [-0.25, -0.2) is 0 Å². The van der Waals surface area contributed by atoms with Crippen LogP contribution in [0.5, 0.6) is 11.5 Å². The van der Waals surface area contributed by atoms with Crippen molar-refractivity contribution in [1.82, 2.24) is 4.90 Å². The van der Waals surface area contributed by atoms with Gasteiger partial charge in [-0.3, -0.25) is 4.90 Å². The summed E-state index contributed by atoms with van der Waals surface area (Å²) in [4.78, 5) is 2.55. The lowest BCUT2D eigenvalue weighted by atomic mass is 9.98. The molecule has 110 valence electrons. The highest BCUT2D eigenvalue weighted by molar-refractivity contribution is 5.44. The molecule has 1 aliphatic carbocycles. The second-order valence-electron chi connectivity index (χ2n) is 5.87. The van der Waals surface area contributed by atoms with Gasteiger partial charge in [0.05, 0.1) is 6.04 Å². The van der Waals surface area contributed by atoms with Gasteiger partial charge in [0.15, 0.2) is 0 Å². The van der Waals surface area contributed by atoms with Gasteiger partial charge < -0.3 is 15.6 Å². The fraction of sp³-hybridized carbons (Fsp3) is 0.625. The lowest BCUT2D eigenvalue weighted by molar-refractivity contribution is 0.0970. The van der Waals surface area contributed by atoms with Gasteiger partial charge >= 0.3 is 0 Å². The fourth-order valence-corrected chi connectivity index (χ4v) is 3.87. The molecule has 3 rings (SSSR count). The summed E-state index contributed by atoms with van der Waals surface area (Å²) in [5.74, 6) is 1.71. The molecule has 3 atom stereocenters. The third kappa shape index (κ3) is 2.27. The van der Waals surface area contributed by atoms with Gasteiger partial charge in [-0.1, -0.05) is 13.3 Å². The Balaban J connectivity index is 1.85. The van der Waals surface area contributed by atoms with E-state index in [0.717, 1.165) is 18.8 Å². The van der Waals surface area contributed by atoms with Gasteiger partial charge in [0.25, 0.3) is 0 Å². The lowest BCUT2D eigenvalue weighted by Crippen LogP contribution is -2.43. The van der Waals surface area contributed by atoms with Gasteiger partial charge in [-0.05, 0) is 44.0 Å². The predicted molar refractivity (Wildman–Crippen MR) is 78.9 cm³/mol. The number of hydrogen-bond donors (Lipinski definition) is 2. The van der Waals surface area contributed by atoms with E-state index < -0.39 is 0 Å². The number of aromatic hydroxyl groups is 1. The Morgan fingerprint density at radius 1 is 1.40 bits per heavy atom. The van der Waals surface area contributed by atoms with Gasteiger partial charge in [-0.2, -0.15) is 0 Å². The number of fused-ring (bicyclic) bond motifs is 1. The standard InChI is InChI=1S/C16H24N2O2/c1-2-18(14-5-3-4-11(14)9-17)15-10-20-16-8-12(19)6-7-13(15)16/h6-8,11,14-15,19H,2-5,9-10,17H2,1H3. The van der Waals surface area contributed by atoms with E-state index in [0.29, 0.717) is 24.6 Å². The first-order chi connectivity index (χ1) is 9.74. The zero-order valence-corrected chi connectivity index (χ0v) is 12.1. The summed E-state index contributed by atoms with van der Waals surface area (Å²) >= 11 is 0. The molecule has 0 amide bonds. The quantitative estimate of drug-likeness (QED) is 0.885. The first kappa shape index (κ1) is 13.7. The monoisotopic (exact) mass is 276 g/mol. The number of likely N-dealkylation sites (N-methyl/N-ethyl adjacent to an activating group) is 1. The number of ether oxygens (including phenoxy) is 1. The Kier molecular flexibility index (Phi) is 3.85. The van der Waals surface area contributed by atoms with E-state index in [1.54, 1.807) is 12.1 Å². The summed E-state index contributed by atoms with van der Waals surface area (Å²) in [6, 6.07) is 6.34. The van der Waals surface area contributed by atoms with E-state index in [1.807, 2.05) is 6.07 Å². The molecule has 0 radical (unpaired) electrons. The first-order valence-electron chi connectivity index (χ1n) is 7.66. The molecule has 0 spiro atoms. The molecule has 1 aromatic carbocycles. The lowest BCUT2D eigenvalue weighted by Gasteiger charge is -2.36. The molecule has 1 fully saturated rings. The summed E-state index contributed by atoms with van der Waals surface area (Å²) in [7, 11) is 0. The van der Waals surface area contributed by atoms with Gasteiger partial charge in [-0.15, -0.1) is 0 Å². The third-order valence-electron chi connectivity index (χ3n) is 4.87. The molecule has 3 unspecified atom stereocenters. The van der Waals surface area contributed by atoms with Crippen molar-refractivity contribution in [3.63, 3.8) is 0 Å². The third-order valence-corrected chi connectivity index (χ3v) is 4.87. The first-order valence-corrected chi connectivity index (χ1v) is 7.66. The minimum absolute atomic E-state index is 0.271. The van der Waals surface area contributed by atoms with E-state index in [9.17, 15) is 5.11 Å². The molecule has 4 heteroatoms. The number of phenols is 1. The number of rotatable bonds is 4. The summed E-state index contributed by atoms with van der Waals surface area (Å²) in [6.07, 6.45) is 3.76. The molecule has 20 heavy (non-hydrogen) atoms. The smallest absolute Gasteiger partial charge is 0.127 e. The summed E-state index contributed by atoms with van der Waals surface area (Å²) < 4.78 is 5.77. The Labute approximate surface area is 120 Å². The normalized spacial score (nSPS) is 28.6. The van der Waals surface area contributed by atoms with Gasteiger partial charge in [0.2, 0.25) is 0 Å². The van der Waals surface area contributed by atoms with Crippen molar-refractivity contribution in [2.24, 2.45) is 11.7 Å². The van der Waals surface area contributed by atoms with Crippen LogP contribution >= 0.6 is 0 Å². The summed E-state index contributed by atoms with van der Waals surface area (Å²) in [5, 5.41) is 9.56. The highest BCUT2D eigenvalue weighted by atomic mass is 16.5. The van der Waals surface area contributed by atoms with Crippen molar-refractivity contribution in [3.05, 3.63) is 23.8 Å². The highest BCUT2D eigenvalue weighted by Crippen LogP contribution is 2.41. The maximum atomic E-state index is 9.56. The van der Waals surface area contributed by atoms with Crippen molar-refractivity contribution in [2.75, 3.05) is 19.7 Å². The van der Waals surface area contributed by atoms with E-state index in [2.05, 4.69) is 11.8 Å². The molecule has 1 saturated carbocycles. The van der Waals surface area contributed by atoms with Crippen LogP contribution < -0.4 is 10.5 Å². The molecule has 4 nitrogen and oxygen atoms in total. The van der Waals surface area contributed by atoms with Crippen LogP contribution in [0.2, 0.25) is 0 Å². The highest BCUT2D eigenvalue weighted by Gasteiger charge is 2.38. The second kappa shape index (κ2) is 5.62. The number of benzene rings is 1. The number of nitrogens with two attached hydrogens (primary N) is 1. The van der Waals surface area contributed by atoms with Crippen LogP contribution in [0, 0.1) is 5.92 Å². The largest absolute Gasteiger partial charge is 0.508 e. The van der Waals surface area contributed by atoms with Crippen LogP contribution in [0.25, 0.3) is 0 Å². The Morgan fingerprint density at radius 2 is 2.25 bits per heavy atom. The zero-order valence-electron chi connectivity index (χ0n) is 12.1. The zero-order chi connectivity index (χ0) is 14.1. The molecule has 1 aliphatic heterocycles. The number of phenolic OH excluding ortho intramolecular Hbond substituents is 1. The molecule has 0 saturated heterocycles. The van der Waals surface area contributed by atoms with Crippen LogP contribution in [-0.4, -0.2) is 35.7 Å². The average Bonchev–Trinajstić information content (AvgIpc) is 3.07. The maximum Gasteiger partial charge on any atom is 0.127 e. The molecule has 0 bridgehead atoms. The van der Waals surface area contributed by atoms with Crippen LogP contribution in [0.15, 0.2) is 18.2 Å². The van der Waals surface area contributed by atoms with Crippen LogP contribution in [0.4, 0.5) is 0 Å². The predicted octanol–water partition coefficient (Wildman–Crippen LogP) is 2.27. The van der Waals surface area contributed by atoms with Crippen LogP contribution in [-0.2, 0) is 0 Å². The molecular weight excluding hydrogens is 252 g/mol. The van der Waals surface area contributed by atoms with Crippen molar-refractivity contribution in [3.8, 4) is 11.5 Å².